The average molecular weight is 262 g/mol. The first-order valence-electron chi connectivity index (χ1n) is 7.22. The maximum Gasteiger partial charge on any atom is 0.0163 e. The minimum absolute atomic E-state index is 0. The SMILES string of the molecule is CC/C=C/CN(CCCCC)CCCCC.Cl. The zero-order valence-corrected chi connectivity index (χ0v) is 12.9. The summed E-state index contributed by atoms with van der Waals surface area (Å²) in [6.45, 7) is 10.5. The van der Waals surface area contributed by atoms with Gasteiger partial charge in [0.2, 0.25) is 0 Å². The van der Waals surface area contributed by atoms with Gasteiger partial charge in [-0.2, -0.15) is 0 Å². The Hall–Kier alpha value is -0.0100. The van der Waals surface area contributed by atoms with Gasteiger partial charge >= 0.3 is 0 Å². The second-order valence-corrected chi connectivity index (χ2v) is 4.59. The van der Waals surface area contributed by atoms with E-state index in [4.69, 9.17) is 0 Å². The largest absolute Gasteiger partial charge is 0.300 e. The first-order chi connectivity index (χ1) is 7.85. The van der Waals surface area contributed by atoms with Gasteiger partial charge in [0.25, 0.3) is 0 Å². The van der Waals surface area contributed by atoms with E-state index in [0.29, 0.717) is 0 Å². The van der Waals surface area contributed by atoms with E-state index < -0.39 is 0 Å². The zero-order valence-electron chi connectivity index (χ0n) is 12.1. The van der Waals surface area contributed by atoms with Gasteiger partial charge in [0.15, 0.2) is 0 Å². The van der Waals surface area contributed by atoms with Gasteiger partial charge in [0.05, 0.1) is 0 Å². The van der Waals surface area contributed by atoms with E-state index in [1.165, 1.54) is 51.6 Å². The molecule has 0 atom stereocenters. The van der Waals surface area contributed by atoms with Crippen molar-refractivity contribution in [3.8, 4) is 0 Å². The molecule has 0 spiro atoms. The summed E-state index contributed by atoms with van der Waals surface area (Å²) in [4.78, 5) is 2.61. The van der Waals surface area contributed by atoms with E-state index in [2.05, 4.69) is 37.8 Å². The molecule has 0 bridgehead atoms. The second-order valence-electron chi connectivity index (χ2n) is 4.59. The van der Waals surface area contributed by atoms with Gasteiger partial charge in [-0.25, -0.2) is 0 Å². The van der Waals surface area contributed by atoms with Gasteiger partial charge in [0.1, 0.15) is 0 Å². The zero-order chi connectivity index (χ0) is 12.1. The molecular formula is C15H32ClN. The van der Waals surface area contributed by atoms with E-state index in [0.717, 1.165) is 13.0 Å². The fourth-order valence-corrected chi connectivity index (χ4v) is 1.86. The lowest BCUT2D eigenvalue weighted by Crippen LogP contribution is -2.26. The molecule has 0 heterocycles. The summed E-state index contributed by atoms with van der Waals surface area (Å²) in [5.41, 5.74) is 0. The maximum atomic E-state index is 2.61. The van der Waals surface area contributed by atoms with Crippen LogP contribution in [0.25, 0.3) is 0 Å². The third-order valence-electron chi connectivity index (χ3n) is 2.92. The van der Waals surface area contributed by atoms with Crippen LogP contribution in [0.15, 0.2) is 12.2 Å². The van der Waals surface area contributed by atoms with Gasteiger partial charge in [0, 0.05) is 6.54 Å². The molecule has 0 aliphatic carbocycles. The fraction of sp³-hybridized carbons (Fsp3) is 0.867. The van der Waals surface area contributed by atoms with E-state index in [1.54, 1.807) is 0 Å². The molecule has 2 heteroatoms. The summed E-state index contributed by atoms with van der Waals surface area (Å²) in [6, 6.07) is 0. The van der Waals surface area contributed by atoms with Crippen LogP contribution >= 0.6 is 12.4 Å². The number of hydrogen-bond donors (Lipinski definition) is 0. The minimum atomic E-state index is 0. The Morgan fingerprint density at radius 2 is 1.29 bits per heavy atom. The molecule has 0 amide bonds. The molecule has 0 aliphatic heterocycles. The molecule has 0 N–H and O–H groups in total. The van der Waals surface area contributed by atoms with Gasteiger partial charge in [-0.1, -0.05) is 58.6 Å². The molecule has 104 valence electrons. The number of nitrogens with zero attached hydrogens (tertiary/aromatic N) is 1. The van der Waals surface area contributed by atoms with Crippen molar-refractivity contribution < 1.29 is 0 Å². The average Bonchev–Trinajstić information content (AvgIpc) is 2.29. The number of hydrogen-bond acceptors (Lipinski definition) is 1. The Kier molecular flexibility index (Phi) is 18.2. The van der Waals surface area contributed by atoms with Gasteiger partial charge in [-0.05, 0) is 32.4 Å². The van der Waals surface area contributed by atoms with Crippen molar-refractivity contribution in [1.82, 2.24) is 4.90 Å². The Labute approximate surface area is 115 Å². The Balaban J connectivity index is 0. The third kappa shape index (κ3) is 13.9. The van der Waals surface area contributed by atoms with Gasteiger partial charge in [-0.3, -0.25) is 4.90 Å². The first-order valence-corrected chi connectivity index (χ1v) is 7.22. The van der Waals surface area contributed by atoms with Crippen LogP contribution in [0.4, 0.5) is 0 Å². The second kappa shape index (κ2) is 16.0. The normalized spacial score (nSPS) is 11.1. The maximum absolute atomic E-state index is 2.61. The summed E-state index contributed by atoms with van der Waals surface area (Å²) >= 11 is 0. The third-order valence-corrected chi connectivity index (χ3v) is 2.92. The highest BCUT2D eigenvalue weighted by Gasteiger charge is 2.01. The molecule has 0 aromatic heterocycles. The molecule has 17 heavy (non-hydrogen) atoms. The van der Waals surface area contributed by atoms with Crippen molar-refractivity contribution in [1.29, 1.82) is 0 Å². The van der Waals surface area contributed by atoms with E-state index in [9.17, 15) is 0 Å². The van der Waals surface area contributed by atoms with Crippen LogP contribution in [0.3, 0.4) is 0 Å². The predicted octanol–water partition coefficient (Wildman–Crippen LogP) is 5.06. The number of rotatable bonds is 11. The van der Waals surface area contributed by atoms with Crippen molar-refractivity contribution in [2.45, 2.75) is 65.7 Å². The van der Waals surface area contributed by atoms with Crippen molar-refractivity contribution in [2.75, 3.05) is 19.6 Å². The Morgan fingerprint density at radius 3 is 1.71 bits per heavy atom. The molecule has 0 fully saturated rings. The molecule has 0 rings (SSSR count). The van der Waals surface area contributed by atoms with Crippen molar-refractivity contribution in [3.63, 3.8) is 0 Å². The van der Waals surface area contributed by atoms with Crippen LogP contribution in [-0.2, 0) is 0 Å². The first kappa shape index (κ1) is 19.3. The lowest BCUT2D eigenvalue weighted by molar-refractivity contribution is 0.288. The van der Waals surface area contributed by atoms with E-state index in [1.807, 2.05) is 0 Å². The van der Waals surface area contributed by atoms with Crippen LogP contribution in [0.1, 0.15) is 65.7 Å². The number of allylic oxidation sites excluding steroid dienone is 1. The summed E-state index contributed by atoms with van der Waals surface area (Å²) in [6.07, 6.45) is 13.9. The molecule has 0 saturated heterocycles. The van der Waals surface area contributed by atoms with Crippen LogP contribution in [0.2, 0.25) is 0 Å². The monoisotopic (exact) mass is 261 g/mol. The predicted molar refractivity (Wildman–Crippen MR) is 82.2 cm³/mol. The summed E-state index contributed by atoms with van der Waals surface area (Å²) < 4.78 is 0. The Bertz CT molecular complexity index is 147. The molecule has 0 aromatic rings. The summed E-state index contributed by atoms with van der Waals surface area (Å²) in [7, 11) is 0. The molecule has 0 unspecified atom stereocenters. The standard InChI is InChI=1S/C15H31N.ClH/c1-4-7-10-13-16(14-11-8-5-2)15-12-9-6-3;/h7,10H,4-6,8-9,11-15H2,1-3H3;1H/b10-7+;. The number of unbranched alkanes of at least 4 members (excludes halogenated alkanes) is 4. The number of halogens is 1. The quantitative estimate of drug-likeness (QED) is 0.371. The summed E-state index contributed by atoms with van der Waals surface area (Å²) in [5.74, 6) is 0. The molecule has 0 saturated carbocycles. The van der Waals surface area contributed by atoms with Crippen molar-refractivity contribution >= 4 is 12.4 Å². The Morgan fingerprint density at radius 1 is 0.765 bits per heavy atom. The van der Waals surface area contributed by atoms with Crippen LogP contribution in [0.5, 0.6) is 0 Å². The van der Waals surface area contributed by atoms with Crippen molar-refractivity contribution in [3.05, 3.63) is 12.2 Å². The van der Waals surface area contributed by atoms with Crippen LogP contribution in [0, 0.1) is 0 Å². The van der Waals surface area contributed by atoms with Crippen LogP contribution in [-0.4, -0.2) is 24.5 Å². The van der Waals surface area contributed by atoms with Crippen molar-refractivity contribution in [2.24, 2.45) is 0 Å². The van der Waals surface area contributed by atoms with Gasteiger partial charge in [-0.15, -0.1) is 12.4 Å². The molecular weight excluding hydrogens is 230 g/mol. The highest BCUT2D eigenvalue weighted by atomic mass is 35.5. The highest BCUT2D eigenvalue weighted by Crippen LogP contribution is 2.03. The van der Waals surface area contributed by atoms with E-state index in [-0.39, 0.29) is 12.4 Å². The minimum Gasteiger partial charge on any atom is -0.300 e. The van der Waals surface area contributed by atoms with E-state index >= 15 is 0 Å². The summed E-state index contributed by atoms with van der Waals surface area (Å²) in [5, 5.41) is 0. The fourth-order valence-electron chi connectivity index (χ4n) is 1.86. The highest BCUT2D eigenvalue weighted by molar-refractivity contribution is 5.85. The molecule has 0 aliphatic rings. The smallest absolute Gasteiger partial charge is 0.0163 e. The molecule has 0 aromatic carbocycles. The molecule has 0 radical (unpaired) electrons. The van der Waals surface area contributed by atoms with Crippen LogP contribution < -0.4 is 0 Å². The topological polar surface area (TPSA) is 3.24 Å². The van der Waals surface area contributed by atoms with Gasteiger partial charge < -0.3 is 0 Å². The lowest BCUT2D eigenvalue weighted by Gasteiger charge is -2.20. The molecule has 1 nitrogen and oxygen atoms in total. The lowest BCUT2D eigenvalue weighted by atomic mass is 10.2.